The second-order valence-corrected chi connectivity index (χ2v) is 11.2. The molecule has 6 aliphatic rings. The van der Waals surface area contributed by atoms with Crippen LogP contribution >= 0.6 is 0 Å². The van der Waals surface area contributed by atoms with Gasteiger partial charge in [0.15, 0.2) is 5.78 Å². The molecule has 4 atom stereocenters. The zero-order valence-electron chi connectivity index (χ0n) is 18.2. The van der Waals surface area contributed by atoms with Crippen molar-refractivity contribution in [3.05, 3.63) is 29.1 Å². The fraction of sp³-hybridized carbons (Fsp3) is 0.692. The molecular formula is C26H30F2O4. The van der Waals surface area contributed by atoms with E-state index in [1.165, 1.54) is 6.07 Å². The third-order valence-corrected chi connectivity index (χ3v) is 8.93. The topological polar surface area (TPSA) is 63.6 Å². The van der Waals surface area contributed by atoms with Gasteiger partial charge in [-0.05, 0) is 93.1 Å². The van der Waals surface area contributed by atoms with Gasteiger partial charge >= 0.3 is 5.97 Å². The van der Waals surface area contributed by atoms with Crippen LogP contribution in [0.4, 0.5) is 8.78 Å². The molecule has 172 valence electrons. The molecule has 0 radical (unpaired) electrons. The van der Waals surface area contributed by atoms with Crippen molar-refractivity contribution in [3.63, 3.8) is 0 Å². The Kier molecular flexibility index (Phi) is 4.68. The summed E-state index contributed by atoms with van der Waals surface area (Å²) in [5.74, 6) is -1.83. The zero-order valence-corrected chi connectivity index (χ0v) is 18.2. The van der Waals surface area contributed by atoms with Crippen LogP contribution in [0.15, 0.2) is 12.1 Å². The predicted molar refractivity (Wildman–Crippen MR) is 113 cm³/mol. The monoisotopic (exact) mass is 444 g/mol. The number of halogens is 2. The van der Waals surface area contributed by atoms with Crippen LogP contribution < -0.4 is 4.74 Å². The van der Waals surface area contributed by atoms with Crippen molar-refractivity contribution in [1.29, 1.82) is 0 Å². The third-order valence-electron chi connectivity index (χ3n) is 8.93. The lowest BCUT2D eigenvalue weighted by Gasteiger charge is -2.56. The Morgan fingerprint density at radius 1 is 1.00 bits per heavy atom. The highest BCUT2D eigenvalue weighted by molar-refractivity contribution is 6.00. The SMILES string of the molecule is O=C(c1cc(C2CC2)c(OC2C3CC4CC2CC(F)(C4)C3)cc1F)C1CCC[C@H]1C(=O)O. The van der Waals surface area contributed by atoms with E-state index in [9.17, 15) is 14.7 Å². The molecule has 6 fully saturated rings. The molecule has 3 unspecified atom stereocenters. The van der Waals surface area contributed by atoms with Crippen molar-refractivity contribution in [3.8, 4) is 5.75 Å². The van der Waals surface area contributed by atoms with Gasteiger partial charge in [0, 0.05) is 12.0 Å². The Bertz CT molecular complexity index is 955. The molecule has 0 heterocycles. The number of benzene rings is 1. The van der Waals surface area contributed by atoms with Gasteiger partial charge < -0.3 is 9.84 Å². The van der Waals surface area contributed by atoms with E-state index in [1.807, 2.05) is 0 Å². The number of carbonyl (C=O) groups is 2. The van der Waals surface area contributed by atoms with Crippen molar-refractivity contribution in [1.82, 2.24) is 0 Å². The fourth-order valence-corrected chi connectivity index (χ4v) is 7.56. The van der Waals surface area contributed by atoms with E-state index >= 15 is 8.78 Å². The number of carboxylic acid groups (broad SMARTS) is 1. The molecular weight excluding hydrogens is 414 g/mol. The first-order valence-corrected chi connectivity index (χ1v) is 12.3. The fourth-order valence-electron chi connectivity index (χ4n) is 7.56. The van der Waals surface area contributed by atoms with E-state index in [0.29, 0.717) is 50.2 Å². The highest BCUT2D eigenvalue weighted by atomic mass is 19.1. The Hall–Kier alpha value is -1.98. The van der Waals surface area contributed by atoms with E-state index in [4.69, 9.17) is 4.74 Å². The zero-order chi connectivity index (χ0) is 22.2. The number of rotatable bonds is 6. The molecule has 7 rings (SSSR count). The van der Waals surface area contributed by atoms with Crippen molar-refractivity contribution in [2.24, 2.45) is 29.6 Å². The molecule has 6 aliphatic carbocycles. The highest BCUT2D eigenvalue weighted by Gasteiger charge is 2.57. The van der Waals surface area contributed by atoms with E-state index in [2.05, 4.69) is 0 Å². The Labute approximate surface area is 186 Å². The molecule has 4 bridgehead atoms. The minimum Gasteiger partial charge on any atom is -0.489 e. The molecule has 0 spiro atoms. The van der Waals surface area contributed by atoms with Gasteiger partial charge in [-0.3, -0.25) is 9.59 Å². The quantitative estimate of drug-likeness (QED) is 0.573. The Morgan fingerprint density at radius 3 is 2.31 bits per heavy atom. The number of hydrogen-bond acceptors (Lipinski definition) is 3. The minimum absolute atomic E-state index is 0.00481. The summed E-state index contributed by atoms with van der Waals surface area (Å²) in [6, 6.07) is 2.98. The van der Waals surface area contributed by atoms with Gasteiger partial charge in [-0.1, -0.05) is 6.42 Å². The minimum atomic E-state index is -1.04. The third kappa shape index (κ3) is 3.36. The largest absolute Gasteiger partial charge is 0.489 e. The standard InChI is InChI=1S/C26H30F2O4/c27-21-9-22(32-24-15-6-13-7-16(24)12-26(28,10-13)11-15)19(14-4-5-14)8-20(21)23(29)17-2-1-3-18(17)25(30)31/h8-9,13-18,24H,1-7,10-12H2,(H,30,31)/t13?,15?,16?,17?,18-,24?,26?/m1/s1. The van der Waals surface area contributed by atoms with Crippen LogP contribution in [-0.2, 0) is 4.79 Å². The first-order chi connectivity index (χ1) is 15.3. The number of aliphatic carboxylic acids is 1. The number of carbonyl (C=O) groups excluding carboxylic acids is 1. The lowest BCUT2D eigenvalue weighted by Crippen LogP contribution is -2.56. The average Bonchev–Trinajstić information content (AvgIpc) is 3.43. The number of Topliss-reactive ketones (excluding diaryl/α,β-unsaturated/α-hetero) is 1. The second kappa shape index (κ2) is 7.26. The molecule has 1 aromatic carbocycles. The van der Waals surface area contributed by atoms with Crippen LogP contribution in [0.3, 0.4) is 0 Å². The molecule has 0 aromatic heterocycles. The first-order valence-electron chi connectivity index (χ1n) is 12.3. The molecule has 0 saturated heterocycles. The number of ether oxygens (including phenoxy) is 1. The van der Waals surface area contributed by atoms with Gasteiger partial charge in [-0.2, -0.15) is 0 Å². The lowest BCUT2D eigenvalue weighted by atomic mass is 9.53. The second-order valence-electron chi connectivity index (χ2n) is 11.2. The maximum atomic E-state index is 15.2. The molecule has 6 heteroatoms. The van der Waals surface area contributed by atoms with Gasteiger partial charge in [0.25, 0.3) is 0 Å². The molecule has 1 N–H and O–H groups in total. The van der Waals surface area contributed by atoms with Crippen LogP contribution in [0.25, 0.3) is 0 Å². The average molecular weight is 445 g/mol. The molecule has 1 aromatic rings. The number of ketones is 1. The van der Waals surface area contributed by atoms with Crippen LogP contribution in [0.1, 0.15) is 86.0 Å². The van der Waals surface area contributed by atoms with E-state index < -0.39 is 35.1 Å². The van der Waals surface area contributed by atoms with Crippen LogP contribution in [0.2, 0.25) is 0 Å². The van der Waals surface area contributed by atoms with Crippen molar-refractivity contribution < 1.29 is 28.2 Å². The Morgan fingerprint density at radius 2 is 1.69 bits per heavy atom. The van der Waals surface area contributed by atoms with Crippen molar-refractivity contribution in [2.45, 2.75) is 81.9 Å². The van der Waals surface area contributed by atoms with Gasteiger partial charge in [-0.15, -0.1) is 0 Å². The van der Waals surface area contributed by atoms with E-state index in [-0.39, 0.29) is 29.4 Å². The van der Waals surface area contributed by atoms with Gasteiger partial charge in [0.05, 0.1) is 11.5 Å². The van der Waals surface area contributed by atoms with Crippen LogP contribution in [-0.4, -0.2) is 28.6 Å². The molecule has 4 nitrogen and oxygen atoms in total. The summed E-state index contributed by atoms with van der Waals surface area (Å²) >= 11 is 0. The smallest absolute Gasteiger partial charge is 0.307 e. The highest BCUT2D eigenvalue weighted by Crippen LogP contribution is 2.58. The summed E-state index contributed by atoms with van der Waals surface area (Å²) in [6.07, 6.45) is 7.24. The molecule has 6 saturated carbocycles. The Balaban J connectivity index is 1.29. The van der Waals surface area contributed by atoms with Crippen molar-refractivity contribution >= 4 is 11.8 Å². The van der Waals surface area contributed by atoms with E-state index in [0.717, 1.165) is 31.2 Å². The summed E-state index contributed by atoms with van der Waals surface area (Å²) in [5, 5.41) is 9.45. The maximum absolute atomic E-state index is 15.2. The summed E-state index contributed by atoms with van der Waals surface area (Å²) in [5.41, 5.74) is -0.173. The maximum Gasteiger partial charge on any atom is 0.307 e. The van der Waals surface area contributed by atoms with Crippen LogP contribution in [0.5, 0.6) is 5.75 Å². The number of hydrogen-bond donors (Lipinski definition) is 1. The summed E-state index contributed by atoms with van der Waals surface area (Å²) < 4.78 is 36.7. The summed E-state index contributed by atoms with van der Waals surface area (Å²) in [4.78, 5) is 24.7. The number of alkyl halides is 1. The lowest BCUT2D eigenvalue weighted by molar-refractivity contribution is -0.142. The normalized spacial score (nSPS) is 39.9. The molecule has 0 aliphatic heterocycles. The van der Waals surface area contributed by atoms with Gasteiger partial charge in [0.1, 0.15) is 23.3 Å². The molecule has 0 amide bonds. The summed E-state index contributed by atoms with van der Waals surface area (Å²) in [6.45, 7) is 0. The van der Waals surface area contributed by atoms with Crippen LogP contribution in [0, 0.1) is 35.4 Å². The first kappa shape index (κ1) is 20.6. The van der Waals surface area contributed by atoms with Crippen molar-refractivity contribution in [2.75, 3.05) is 0 Å². The van der Waals surface area contributed by atoms with Gasteiger partial charge in [0.2, 0.25) is 0 Å². The van der Waals surface area contributed by atoms with E-state index in [1.54, 1.807) is 6.07 Å². The molecule has 32 heavy (non-hydrogen) atoms. The van der Waals surface area contributed by atoms with Gasteiger partial charge in [-0.25, -0.2) is 8.78 Å². The number of carboxylic acids is 1. The predicted octanol–water partition coefficient (Wildman–Crippen LogP) is 5.68. The summed E-state index contributed by atoms with van der Waals surface area (Å²) in [7, 11) is 0.